The van der Waals surface area contributed by atoms with E-state index in [-0.39, 0.29) is 37.5 Å². The monoisotopic (exact) mass is 1020 g/mol. The molecule has 0 amide bonds. The third-order valence-corrected chi connectivity index (χ3v) is 13.7. The highest BCUT2D eigenvalue weighted by atomic mass is 16.6. The van der Waals surface area contributed by atoms with Gasteiger partial charge in [0.25, 0.3) is 0 Å². The van der Waals surface area contributed by atoms with Crippen molar-refractivity contribution < 1.29 is 28.6 Å². The molecule has 1 unspecified atom stereocenters. The molecule has 6 nitrogen and oxygen atoms in total. The molecule has 0 bridgehead atoms. The van der Waals surface area contributed by atoms with Crippen LogP contribution in [0, 0.1) is 0 Å². The summed E-state index contributed by atoms with van der Waals surface area (Å²) < 4.78 is 16.8. The first-order valence-electron chi connectivity index (χ1n) is 31.4. The molecule has 0 saturated carbocycles. The van der Waals surface area contributed by atoms with Crippen molar-refractivity contribution in [3.8, 4) is 0 Å². The van der Waals surface area contributed by atoms with Crippen LogP contribution in [0.15, 0.2) is 72.9 Å². The lowest BCUT2D eigenvalue weighted by Gasteiger charge is -2.18. The van der Waals surface area contributed by atoms with Crippen molar-refractivity contribution >= 4 is 17.9 Å². The van der Waals surface area contributed by atoms with Gasteiger partial charge >= 0.3 is 17.9 Å². The minimum Gasteiger partial charge on any atom is -0.462 e. The topological polar surface area (TPSA) is 78.9 Å². The molecule has 0 aromatic carbocycles. The van der Waals surface area contributed by atoms with Crippen molar-refractivity contribution in [3.63, 3.8) is 0 Å². The molecule has 422 valence electrons. The van der Waals surface area contributed by atoms with Crippen LogP contribution >= 0.6 is 0 Å². The molecular weight excluding hydrogens is 901 g/mol. The number of rotatable bonds is 57. The maximum Gasteiger partial charge on any atom is 0.306 e. The second kappa shape index (κ2) is 61.4. The summed E-state index contributed by atoms with van der Waals surface area (Å²) in [6.45, 7) is 6.49. The van der Waals surface area contributed by atoms with E-state index in [1.165, 1.54) is 199 Å². The molecule has 0 N–H and O–H groups in total. The molecular formula is C67H118O6. The second-order valence-electron chi connectivity index (χ2n) is 20.9. The van der Waals surface area contributed by atoms with Crippen LogP contribution in [0.4, 0.5) is 0 Å². The summed E-state index contributed by atoms with van der Waals surface area (Å²) in [5, 5.41) is 0. The fourth-order valence-corrected chi connectivity index (χ4v) is 9.02. The van der Waals surface area contributed by atoms with Crippen molar-refractivity contribution in [1.82, 2.24) is 0 Å². The summed E-state index contributed by atoms with van der Waals surface area (Å²) in [4.78, 5) is 38.2. The summed E-state index contributed by atoms with van der Waals surface area (Å²) >= 11 is 0. The van der Waals surface area contributed by atoms with E-state index in [0.29, 0.717) is 19.3 Å². The highest BCUT2D eigenvalue weighted by Gasteiger charge is 2.19. The van der Waals surface area contributed by atoms with Gasteiger partial charge in [0.15, 0.2) is 6.10 Å². The first-order valence-corrected chi connectivity index (χ1v) is 31.4. The molecule has 0 saturated heterocycles. The van der Waals surface area contributed by atoms with E-state index in [0.717, 1.165) is 70.6 Å². The Morgan fingerprint density at radius 3 is 0.918 bits per heavy atom. The fourth-order valence-electron chi connectivity index (χ4n) is 9.02. The predicted octanol–water partition coefficient (Wildman–Crippen LogP) is 21.3. The highest BCUT2D eigenvalue weighted by molar-refractivity contribution is 5.71. The summed E-state index contributed by atoms with van der Waals surface area (Å²) in [5.41, 5.74) is 0. The van der Waals surface area contributed by atoms with Crippen LogP contribution in [0.3, 0.4) is 0 Å². The summed E-state index contributed by atoms with van der Waals surface area (Å²) in [7, 11) is 0. The van der Waals surface area contributed by atoms with Crippen molar-refractivity contribution in [1.29, 1.82) is 0 Å². The third-order valence-electron chi connectivity index (χ3n) is 13.7. The van der Waals surface area contributed by atoms with Gasteiger partial charge in [-0.25, -0.2) is 0 Å². The Balaban J connectivity index is 4.26. The normalized spacial score (nSPS) is 12.5. The summed E-state index contributed by atoms with van der Waals surface area (Å²) in [6, 6.07) is 0. The summed E-state index contributed by atoms with van der Waals surface area (Å²) in [5.74, 6) is -0.965. The standard InChI is InChI=1S/C67H118O6/c1-4-7-10-13-16-19-22-25-27-28-29-30-31-32-33-34-35-36-37-38-40-42-45-48-51-54-57-60-66(69)72-63-64(62-71-65(68)59-56-53-50-47-44-41-24-21-18-15-12-9-6-3)73-67(70)61-58-55-52-49-46-43-39-26-23-20-17-14-11-8-5-2/h9,12,18,21-22,25,28-29,41,44,50,53,64H,4-8,10-11,13-17,19-20,23-24,26-27,30-40,42-43,45-49,51-52,54-63H2,1-3H3/b12-9-,21-18-,25-22-,29-28-,44-41-,53-50-. The van der Waals surface area contributed by atoms with Gasteiger partial charge in [-0.05, 0) is 77.0 Å². The van der Waals surface area contributed by atoms with Crippen LogP contribution in [0.2, 0.25) is 0 Å². The van der Waals surface area contributed by atoms with E-state index in [1.807, 2.05) is 6.08 Å². The molecule has 0 spiro atoms. The Morgan fingerprint density at radius 1 is 0.288 bits per heavy atom. The average Bonchev–Trinajstić information content (AvgIpc) is 3.39. The molecule has 73 heavy (non-hydrogen) atoms. The minimum atomic E-state index is -0.802. The van der Waals surface area contributed by atoms with Crippen LogP contribution in [0.25, 0.3) is 0 Å². The fraction of sp³-hybridized carbons (Fsp3) is 0.776. The zero-order valence-corrected chi connectivity index (χ0v) is 48.4. The quantitative estimate of drug-likeness (QED) is 0.0261. The summed E-state index contributed by atoms with van der Waals surface area (Å²) in [6.07, 6.45) is 79.3. The van der Waals surface area contributed by atoms with Gasteiger partial charge in [-0.1, -0.05) is 293 Å². The number of hydrogen-bond acceptors (Lipinski definition) is 6. The number of allylic oxidation sites excluding steroid dienone is 12. The van der Waals surface area contributed by atoms with Crippen LogP contribution in [-0.4, -0.2) is 37.2 Å². The zero-order chi connectivity index (χ0) is 52.9. The van der Waals surface area contributed by atoms with E-state index in [1.54, 1.807) is 0 Å². The van der Waals surface area contributed by atoms with Gasteiger partial charge in [0, 0.05) is 19.3 Å². The van der Waals surface area contributed by atoms with Crippen molar-refractivity contribution in [2.45, 2.75) is 322 Å². The largest absolute Gasteiger partial charge is 0.462 e. The van der Waals surface area contributed by atoms with E-state index in [9.17, 15) is 14.4 Å². The molecule has 0 aliphatic rings. The van der Waals surface area contributed by atoms with Gasteiger partial charge in [0.05, 0.1) is 0 Å². The first-order chi connectivity index (χ1) is 36.0. The predicted molar refractivity (Wildman–Crippen MR) is 316 cm³/mol. The second-order valence-corrected chi connectivity index (χ2v) is 20.9. The molecule has 0 aliphatic carbocycles. The minimum absolute atomic E-state index is 0.0940. The van der Waals surface area contributed by atoms with Gasteiger partial charge in [-0.3, -0.25) is 14.4 Å². The smallest absolute Gasteiger partial charge is 0.306 e. The number of esters is 3. The maximum atomic E-state index is 12.9. The van der Waals surface area contributed by atoms with E-state index >= 15 is 0 Å². The number of hydrogen-bond donors (Lipinski definition) is 0. The van der Waals surface area contributed by atoms with E-state index in [4.69, 9.17) is 14.2 Å². The van der Waals surface area contributed by atoms with Gasteiger partial charge in [0.2, 0.25) is 0 Å². The Bertz CT molecular complexity index is 1360. The third kappa shape index (κ3) is 59.6. The van der Waals surface area contributed by atoms with Crippen molar-refractivity contribution in [2.75, 3.05) is 13.2 Å². The Morgan fingerprint density at radius 2 is 0.562 bits per heavy atom. The molecule has 0 aromatic heterocycles. The Kier molecular flexibility index (Phi) is 58.7. The van der Waals surface area contributed by atoms with Crippen molar-refractivity contribution in [3.05, 3.63) is 72.9 Å². The van der Waals surface area contributed by atoms with Gasteiger partial charge in [-0.2, -0.15) is 0 Å². The number of ether oxygens (including phenoxy) is 3. The van der Waals surface area contributed by atoms with Crippen molar-refractivity contribution in [2.24, 2.45) is 0 Å². The van der Waals surface area contributed by atoms with Crippen LogP contribution in [0.5, 0.6) is 0 Å². The van der Waals surface area contributed by atoms with Gasteiger partial charge in [-0.15, -0.1) is 0 Å². The molecule has 6 heteroatoms. The Labute approximate surface area is 453 Å². The molecule has 0 aliphatic heterocycles. The van der Waals surface area contributed by atoms with Crippen LogP contribution in [-0.2, 0) is 28.6 Å². The SMILES string of the molecule is CC/C=C\C/C=C\C/C=C\C/C=C\CCC(=O)OCC(COC(=O)CCCCCCCCCCCCCCCCC/C=C\C/C=C\CCCCCCC)OC(=O)CCCCCCCCCCCCCCCCC. The molecule has 0 aromatic rings. The highest BCUT2D eigenvalue weighted by Crippen LogP contribution is 2.17. The number of unbranched alkanes of at least 4 members (excludes halogenated alkanes) is 34. The molecule has 0 radical (unpaired) electrons. The Hall–Kier alpha value is -3.15. The van der Waals surface area contributed by atoms with Gasteiger partial charge in [0.1, 0.15) is 13.2 Å². The lowest BCUT2D eigenvalue weighted by molar-refractivity contribution is -0.166. The molecule has 0 rings (SSSR count). The molecule has 0 heterocycles. The zero-order valence-electron chi connectivity index (χ0n) is 48.4. The van der Waals surface area contributed by atoms with Crippen LogP contribution in [0.1, 0.15) is 316 Å². The average molecular weight is 1020 g/mol. The molecule has 1 atom stereocenters. The maximum absolute atomic E-state index is 12.9. The lowest BCUT2D eigenvalue weighted by Crippen LogP contribution is -2.30. The van der Waals surface area contributed by atoms with E-state index < -0.39 is 6.10 Å². The van der Waals surface area contributed by atoms with Gasteiger partial charge < -0.3 is 14.2 Å². The van der Waals surface area contributed by atoms with E-state index in [2.05, 4.69) is 87.6 Å². The number of carbonyl (C=O) groups excluding carboxylic acids is 3. The van der Waals surface area contributed by atoms with Crippen LogP contribution < -0.4 is 0 Å². The molecule has 0 fully saturated rings. The lowest BCUT2D eigenvalue weighted by atomic mass is 10.0. The first kappa shape index (κ1) is 69.8. The number of carbonyl (C=O) groups is 3.